The second-order valence-corrected chi connectivity index (χ2v) is 9.38. The van der Waals surface area contributed by atoms with E-state index >= 15 is 0 Å². The minimum Gasteiger partial charge on any atom is -0.300 e. The number of anilines is 1. The number of nitrogens with one attached hydrogen (secondary N) is 1. The minimum atomic E-state index is -0.125. The molecule has 1 aromatic heterocycles. The van der Waals surface area contributed by atoms with E-state index < -0.39 is 0 Å². The molecule has 0 atom stereocenters. The van der Waals surface area contributed by atoms with Crippen LogP contribution < -0.4 is 5.32 Å². The van der Waals surface area contributed by atoms with Gasteiger partial charge in [0.15, 0.2) is 0 Å². The maximum absolute atomic E-state index is 13.1. The van der Waals surface area contributed by atoms with Crippen LogP contribution in [0.4, 0.5) is 5.13 Å². The van der Waals surface area contributed by atoms with E-state index in [-0.39, 0.29) is 11.3 Å². The van der Waals surface area contributed by atoms with Crippen LogP contribution in [0.5, 0.6) is 0 Å². The van der Waals surface area contributed by atoms with Crippen LogP contribution in [0.25, 0.3) is 0 Å². The third-order valence-corrected chi connectivity index (χ3v) is 7.24. The summed E-state index contributed by atoms with van der Waals surface area (Å²) in [5.74, 6) is 2.54. The van der Waals surface area contributed by atoms with Crippen LogP contribution >= 0.6 is 11.3 Å². The summed E-state index contributed by atoms with van der Waals surface area (Å²) in [5.41, 5.74) is 1.10. The Morgan fingerprint density at radius 1 is 1.04 bits per heavy atom. The van der Waals surface area contributed by atoms with Crippen LogP contribution in [0.3, 0.4) is 0 Å². The molecular formula is C20H23N3OS. The molecule has 1 aromatic carbocycles. The van der Waals surface area contributed by atoms with Gasteiger partial charge in [0.2, 0.25) is 11.0 Å². The van der Waals surface area contributed by atoms with Crippen molar-refractivity contribution in [2.45, 2.75) is 44.9 Å². The average Bonchev–Trinajstić information content (AvgIpc) is 3.01. The van der Waals surface area contributed by atoms with Crippen LogP contribution in [0.15, 0.2) is 30.3 Å². The molecule has 0 aliphatic heterocycles. The predicted octanol–water partition coefficient (Wildman–Crippen LogP) is 4.28. The number of amides is 1. The van der Waals surface area contributed by atoms with Crippen LogP contribution in [0.1, 0.15) is 49.1 Å². The first-order valence-corrected chi connectivity index (χ1v) is 10.2. The molecule has 1 N–H and O–H groups in total. The van der Waals surface area contributed by atoms with Gasteiger partial charge in [-0.25, -0.2) is 0 Å². The Labute approximate surface area is 152 Å². The SMILES string of the molecule is O=C(Nc1nnc(Cc2ccccc2)s1)C12CC3CC(CC(C3)C1)C2. The standard InChI is InChI=1S/C20H23N3OS/c24-18(20-10-14-6-15(11-20)8-16(7-14)12-20)21-19-23-22-17(25-19)9-13-4-2-1-3-5-13/h1-5,14-16H,6-12H2,(H,21,23,24). The Morgan fingerprint density at radius 2 is 1.68 bits per heavy atom. The van der Waals surface area contributed by atoms with Crippen LogP contribution in [-0.2, 0) is 11.2 Å². The maximum atomic E-state index is 13.1. The Bertz CT molecular complexity index is 750. The summed E-state index contributed by atoms with van der Waals surface area (Å²) < 4.78 is 0. The smallest absolute Gasteiger partial charge is 0.232 e. The van der Waals surface area contributed by atoms with Crippen molar-refractivity contribution in [3.8, 4) is 0 Å². The van der Waals surface area contributed by atoms with E-state index in [4.69, 9.17) is 0 Å². The number of rotatable bonds is 4. The second kappa shape index (κ2) is 5.90. The van der Waals surface area contributed by atoms with Gasteiger partial charge in [0.25, 0.3) is 0 Å². The monoisotopic (exact) mass is 353 g/mol. The van der Waals surface area contributed by atoms with Crippen LogP contribution in [0, 0.1) is 23.2 Å². The van der Waals surface area contributed by atoms with Crippen molar-refractivity contribution in [3.63, 3.8) is 0 Å². The summed E-state index contributed by atoms with van der Waals surface area (Å²) in [6.45, 7) is 0. The fourth-order valence-electron chi connectivity index (χ4n) is 5.76. The zero-order valence-corrected chi connectivity index (χ0v) is 15.1. The molecule has 4 aliphatic carbocycles. The number of carbonyl (C=O) groups is 1. The van der Waals surface area contributed by atoms with Gasteiger partial charge in [-0.3, -0.25) is 4.79 Å². The average molecular weight is 353 g/mol. The number of hydrogen-bond acceptors (Lipinski definition) is 4. The molecule has 5 heteroatoms. The molecular weight excluding hydrogens is 330 g/mol. The molecule has 0 spiro atoms. The molecule has 0 radical (unpaired) electrons. The van der Waals surface area contributed by atoms with Gasteiger partial charge in [0.1, 0.15) is 5.01 Å². The molecule has 2 aromatic rings. The molecule has 1 amide bonds. The number of benzene rings is 1. The van der Waals surface area contributed by atoms with Crippen molar-refractivity contribution in [2.24, 2.45) is 23.2 Å². The van der Waals surface area contributed by atoms with E-state index in [2.05, 4.69) is 27.6 Å². The van der Waals surface area contributed by atoms with Crippen molar-refractivity contribution in [1.29, 1.82) is 0 Å². The first-order chi connectivity index (χ1) is 12.2. The van der Waals surface area contributed by atoms with Crippen molar-refractivity contribution < 1.29 is 4.79 Å². The Morgan fingerprint density at radius 3 is 2.32 bits per heavy atom. The van der Waals surface area contributed by atoms with Gasteiger partial charge < -0.3 is 5.32 Å². The molecule has 4 fully saturated rings. The molecule has 4 saturated carbocycles. The van der Waals surface area contributed by atoms with Crippen LogP contribution in [0.2, 0.25) is 0 Å². The zero-order valence-electron chi connectivity index (χ0n) is 14.3. The number of aromatic nitrogens is 2. The van der Waals surface area contributed by atoms with Crippen molar-refractivity contribution >= 4 is 22.4 Å². The lowest BCUT2D eigenvalue weighted by Crippen LogP contribution is -2.51. The normalized spacial score (nSPS) is 32.7. The third-order valence-electron chi connectivity index (χ3n) is 6.41. The lowest BCUT2D eigenvalue weighted by atomic mass is 9.49. The van der Waals surface area contributed by atoms with E-state index in [1.165, 1.54) is 36.2 Å². The molecule has 4 bridgehead atoms. The van der Waals surface area contributed by atoms with E-state index in [1.807, 2.05) is 18.2 Å². The second-order valence-electron chi connectivity index (χ2n) is 8.32. The van der Waals surface area contributed by atoms with E-state index in [1.54, 1.807) is 0 Å². The highest BCUT2D eigenvalue weighted by Crippen LogP contribution is 2.60. The van der Waals surface area contributed by atoms with Gasteiger partial charge in [0, 0.05) is 6.42 Å². The van der Waals surface area contributed by atoms with Gasteiger partial charge in [-0.2, -0.15) is 0 Å². The predicted molar refractivity (Wildman–Crippen MR) is 98.4 cm³/mol. The fourth-order valence-corrected chi connectivity index (χ4v) is 6.53. The topological polar surface area (TPSA) is 54.9 Å². The molecule has 4 aliphatic rings. The zero-order chi connectivity index (χ0) is 16.9. The number of nitrogens with zero attached hydrogens (tertiary/aromatic N) is 2. The van der Waals surface area contributed by atoms with E-state index in [0.29, 0.717) is 5.13 Å². The summed E-state index contributed by atoms with van der Waals surface area (Å²) in [6, 6.07) is 10.3. The molecule has 130 valence electrons. The summed E-state index contributed by atoms with van der Waals surface area (Å²) in [5, 5.41) is 13.2. The number of carbonyl (C=O) groups excluding carboxylic acids is 1. The fraction of sp³-hybridized carbons (Fsp3) is 0.550. The first kappa shape index (κ1) is 15.5. The molecule has 4 nitrogen and oxygen atoms in total. The minimum absolute atomic E-state index is 0.125. The Hall–Kier alpha value is -1.75. The quantitative estimate of drug-likeness (QED) is 0.892. The molecule has 1 heterocycles. The van der Waals surface area contributed by atoms with E-state index in [9.17, 15) is 4.79 Å². The highest BCUT2D eigenvalue weighted by molar-refractivity contribution is 7.15. The summed E-state index contributed by atoms with van der Waals surface area (Å²) in [7, 11) is 0. The Kier molecular flexibility index (Phi) is 3.66. The van der Waals surface area contributed by atoms with Crippen molar-refractivity contribution in [3.05, 3.63) is 40.9 Å². The third kappa shape index (κ3) is 2.88. The highest BCUT2D eigenvalue weighted by Gasteiger charge is 2.54. The summed E-state index contributed by atoms with van der Waals surface area (Å²) in [6.07, 6.45) is 8.08. The lowest BCUT2D eigenvalue weighted by Gasteiger charge is -2.55. The van der Waals surface area contributed by atoms with Gasteiger partial charge in [-0.05, 0) is 61.8 Å². The van der Waals surface area contributed by atoms with Gasteiger partial charge in [0.05, 0.1) is 5.41 Å². The highest BCUT2D eigenvalue weighted by atomic mass is 32.1. The summed E-state index contributed by atoms with van der Waals surface area (Å²) in [4.78, 5) is 13.1. The summed E-state index contributed by atoms with van der Waals surface area (Å²) >= 11 is 1.51. The van der Waals surface area contributed by atoms with Crippen molar-refractivity contribution in [1.82, 2.24) is 10.2 Å². The van der Waals surface area contributed by atoms with Gasteiger partial charge >= 0.3 is 0 Å². The van der Waals surface area contributed by atoms with Crippen LogP contribution in [-0.4, -0.2) is 16.1 Å². The Balaban J connectivity index is 1.29. The number of hydrogen-bond donors (Lipinski definition) is 1. The van der Waals surface area contributed by atoms with Gasteiger partial charge in [-0.15, -0.1) is 10.2 Å². The molecule has 0 unspecified atom stereocenters. The lowest BCUT2D eigenvalue weighted by molar-refractivity contribution is -0.140. The largest absolute Gasteiger partial charge is 0.300 e. The van der Waals surface area contributed by atoms with Crippen molar-refractivity contribution in [2.75, 3.05) is 5.32 Å². The molecule has 0 saturated heterocycles. The molecule has 6 rings (SSSR count). The maximum Gasteiger partial charge on any atom is 0.232 e. The first-order valence-electron chi connectivity index (χ1n) is 9.36. The van der Waals surface area contributed by atoms with E-state index in [0.717, 1.165) is 48.4 Å². The molecule has 25 heavy (non-hydrogen) atoms. The van der Waals surface area contributed by atoms with Gasteiger partial charge in [-0.1, -0.05) is 41.7 Å².